The van der Waals surface area contributed by atoms with Gasteiger partial charge in [-0.2, -0.15) is 0 Å². The molecule has 5 nitrogen and oxygen atoms in total. The van der Waals surface area contributed by atoms with Gasteiger partial charge in [0.2, 0.25) is 0 Å². The van der Waals surface area contributed by atoms with E-state index in [1.165, 1.54) is 10.4 Å². The summed E-state index contributed by atoms with van der Waals surface area (Å²) in [5.74, 6) is 2.62. The Kier molecular flexibility index (Phi) is 8.15. The average Bonchev–Trinajstić information content (AvgIpc) is 3.14. The first-order valence-electron chi connectivity index (χ1n) is 7.89. The molecule has 25 heavy (non-hydrogen) atoms. The van der Waals surface area contributed by atoms with Gasteiger partial charge in [-0.05, 0) is 38.0 Å². The zero-order valence-electron chi connectivity index (χ0n) is 14.5. The lowest BCUT2D eigenvalue weighted by Gasteiger charge is -2.07. The van der Waals surface area contributed by atoms with Crippen LogP contribution in [0.2, 0.25) is 0 Å². The Balaban J connectivity index is 0.00000156. The summed E-state index contributed by atoms with van der Waals surface area (Å²) in [6.07, 6.45) is 3.36. The van der Waals surface area contributed by atoms with E-state index in [4.69, 9.17) is 15.1 Å². The molecule has 3 N–H and O–H groups in total. The van der Waals surface area contributed by atoms with Crippen molar-refractivity contribution in [2.45, 2.75) is 46.2 Å². The molecule has 3 aromatic heterocycles. The lowest BCUT2D eigenvalue weighted by atomic mass is 10.1. The molecule has 0 radical (unpaired) electrons. The van der Waals surface area contributed by atoms with E-state index in [9.17, 15) is 0 Å². The number of furan rings is 1. The number of hydrogen-bond acceptors (Lipinski definition) is 6. The van der Waals surface area contributed by atoms with Crippen LogP contribution >= 0.6 is 36.2 Å². The van der Waals surface area contributed by atoms with E-state index in [1.807, 2.05) is 19.1 Å². The zero-order chi connectivity index (χ0) is 16.4. The number of nitrogens with one attached hydrogen (secondary N) is 1. The van der Waals surface area contributed by atoms with Gasteiger partial charge in [0.25, 0.3) is 0 Å². The normalized spacial score (nSPS) is 11.7. The molecule has 0 bridgehead atoms. The van der Waals surface area contributed by atoms with Crippen molar-refractivity contribution in [3.05, 3.63) is 40.4 Å². The van der Waals surface area contributed by atoms with Crippen LogP contribution in [-0.2, 0) is 19.4 Å². The SMILES string of the molecule is CCc1nc(NCc2ccco2)c2sc(CC(C)N)c(C)c2n1.Cl.Cl. The molecule has 0 saturated heterocycles. The molecule has 1 unspecified atom stereocenters. The van der Waals surface area contributed by atoms with Crippen LogP contribution in [0.1, 0.15) is 35.9 Å². The summed E-state index contributed by atoms with van der Waals surface area (Å²) in [5.41, 5.74) is 8.24. The minimum atomic E-state index is 0. The molecule has 3 rings (SSSR count). The van der Waals surface area contributed by atoms with Crippen molar-refractivity contribution in [1.82, 2.24) is 9.97 Å². The largest absolute Gasteiger partial charge is 0.467 e. The maximum atomic E-state index is 5.97. The first kappa shape index (κ1) is 21.7. The number of nitrogens with two attached hydrogens (primary N) is 1. The molecule has 0 spiro atoms. The standard InChI is InChI=1S/C17H22N4OS.2ClH/c1-4-14-20-15-11(3)13(8-10(2)18)23-16(15)17(21-14)19-9-12-6-5-7-22-12;;/h5-7,10H,4,8-9,18H2,1-3H3,(H,19,20,21);2*1H. The molecule has 1 atom stereocenters. The van der Waals surface area contributed by atoms with Gasteiger partial charge in [0.1, 0.15) is 17.4 Å². The number of hydrogen-bond donors (Lipinski definition) is 2. The molecule has 3 heterocycles. The number of anilines is 1. The number of aromatic nitrogens is 2. The fourth-order valence-electron chi connectivity index (χ4n) is 2.53. The van der Waals surface area contributed by atoms with E-state index >= 15 is 0 Å². The molecule has 0 aliphatic heterocycles. The van der Waals surface area contributed by atoms with E-state index in [-0.39, 0.29) is 30.9 Å². The molecule has 3 aromatic rings. The second kappa shape index (κ2) is 9.38. The maximum Gasteiger partial charge on any atom is 0.148 e. The molecule has 0 aliphatic carbocycles. The molecule has 0 aliphatic rings. The van der Waals surface area contributed by atoms with E-state index in [2.05, 4.69) is 24.1 Å². The summed E-state index contributed by atoms with van der Waals surface area (Å²) in [6, 6.07) is 3.98. The van der Waals surface area contributed by atoms with Crippen molar-refractivity contribution in [2.24, 2.45) is 5.73 Å². The van der Waals surface area contributed by atoms with Crippen LogP contribution in [0.4, 0.5) is 5.82 Å². The molecule has 8 heteroatoms. The number of rotatable bonds is 6. The Morgan fingerprint density at radius 3 is 2.68 bits per heavy atom. The monoisotopic (exact) mass is 402 g/mol. The van der Waals surface area contributed by atoms with Gasteiger partial charge in [-0.3, -0.25) is 0 Å². The maximum absolute atomic E-state index is 5.97. The highest BCUT2D eigenvalue weighted by molar-refractivity contribution is 7.19. The molecule has 0 aromatic carbocycles. The van der Waals surface area contributed by atoms with Crippen LogP contribution < -0.4 is 11.1 Å². The van der Waals surface area contributed by atoms with Gasteiger partial charge in [-0.15, -0.1) is 36.2 Å². The molecule has 0 saturated carbocycles. The van der Waals surface area contributed by atoms with Crippen LogP contribution in [-0.4, -0.2) is 16.0 Å². The first-order valence-corrected chi connectivity index (χ1v) is 8.70. The van der Waals surface area contributed by atoms with Crippen LogP contribution in [0.25, 0.3) is 10.2 Å². The smallest absolute Gasteiger partial charge is 0.148 e. The highest BCUT2D eigenvalue weighted by Gasteiger charge is 2.16. The van der Waals surface area contributed by atoms with Crippen molar-refractivity contribution < 1.29 is 4.42 Å². The van der Waals surface area contributed by atoms with Crippen molar-refractivity contribution in [3.63, 3.8) is 0 Å². The fourth-order valence-corrected chi connectivity index (χ4v) is 3.88. The lowest BCUT2D eigenvalue weighted by Crippen LogP contribution is -2.17. The third-order valence-corrected chi connectivity index (χ3v) is 5.05. The molecule has 0 fully saturated rings. The van der Waals surface area contributed by atoms with E-state index < -0.39 is 0 Å². The fraction of sp³-hybridized carbons (Fsp3) is 0.412. The summed E-state index contributed by atoms with van der Waals surface area (Å²) in [5, 5.41) is 3.39. The average molecular weight is 403 g/mol. The zero-order valence-corrected chi connectivity index (χ0v) is 17.0. The minimum Gasteiger partial charge on any atom is -0.467 e. The van der Waals surface area contributed by atoms with Gasteiger partial charge in [0, 0.05) is 17.3 Å². The predicted octanol–water partition coefficient (Wildman–Crippen LogP) is 4.50. The van der Waals surface area contributed by atoms with Crippen LogP contribution in [0.15, 0.2) is 22.8 Å². The topological polar surface area (TPSA) is 77.0 Å². The summed E-state index contributed by atoms with van der Waals surface area (Å²) in [4.78, 5) is 10.7. The molecule has 0 amide bonds. The summed E-state index contributed by atoms with van der Waals surface area (Å²) < 4.78 is 6.49. The third kappa shape index (κ3) is 4.85. The minimum absolute atomic E-state index is 0. The molecular formula is C17H24Cl2N4OS. The van der Waals surface area contributed by atoms with Crippen molar-refractivity contribution in [3.8, 4) is 0 Å². The van der Waals surface area contributed by atoms with Gasteiger partial charge in [-0.1, -0.05) is 6.92 Å². The Labute approximate surface area is 164 Å². The van der Waals surface area contributed by atoms with Gasteiger partial charge in [-0.25, -0.2) is 9.97 Å². The van der Waals surface area contributed by atoms with Crippen LogP contribution in [0, 0.1) is 6.92 Å². The number of thiophene rings is 1. The summed E-state index contributed by atoms with van der Waals surface area (Å²) in [6.45, 7) is 6.84. The van der Waals surface area contributed by atoms with Crippen molar-refractivity contribution in [2.75, 3.05) is 5.32 Å². The van der Waals surface area contributed by atoms with Gasteiger partial charge in [0.05, 0.1) is 23.0 Å². The number of nitrogens with zero attached hydrogens (tertiary/aromatic N) is 2. The quantitative estimate of drug-likeness (QED) is 0.634. The third-order valence-electron chi connectivity index (χ3n) is 3.74. The van der Waals surface area contributed by atoms with Crippen LogP contribution in [0.3, 0.4) is 0 Å². The highest BCUT2D eigenvalue weighted by Crippen LogP contribution is 2.34. The van der Waals surface area contributed by atoms with Gasteiger partial charge < -0.3 is 15.5 Å². The second-order valence-corrected chi connectivity index (χ2v) is 6.89. The van der Waals surface area contributed by atoms with E-state index in [1.54, 1.807) is 17.6 Å². The van der Waals surface area contributed by atoms with Crippen molar-refractivity contribution in [1.29, 1.82) is 0 Å². The van der Waals surface area contributed by atoms with E-state index in [0.717, 1.165) is 40.5 Å². The van der Waals surface area contributed by atoms with E-state index in [0.29, 0.717) is 6.54 Å². The number of aryl methyl sites for hydroxylation is 2. The summed E-state index contributed by atoms with van der Waals surface area (Å²) in [7, 11) is 0. The second-order valence-electron chi connectivity index (χ2n) is 5.78. The Bertz CT molecular complexity index is 803. The predicted molar refractivity (Wildman–Crippen MR) is 109 cm³/mol. The first-order chi connectivity index (χ1) is 11.1. The highest BCUT2D eigenvalue weighted by atomic mass is 35.5. The Hall–Kier alpha value is -1.34. The lowest BCUT2D eigenvalue weighted by molar-refractivity contribution is 0.518. The number of halogens is 2. The summed E-state index contributed by atoms with van der Waals surface area (Å²) >= 11 is 1.74. The van der Waals surface area contributed by atoms with Gasteiger partial charge in [0.15, 0.2) is 0 Å². The molecular weight excluding hydrogens is 379 g/mol. The Morgan fingerprint density at radius 2 is 2.08 bits per heavy atom. The molecule has 138 valence electrons. The van der Waals surface area contributed by atoms with Crippen molar-refractivity contribution >= 4 is 52.2 Å². The number of fused-ring (bicyclic) bond motifs is 1. The van der Waals surface area contributed by atoms with Gasteiger partial charge >= 0.3 is 0 Å². The van der Waals surface area contributed by atoms with Crippen LogP contribution in [0.5, 0.6) is 0 Å². The Morgan fingerprint density at radius 1 is 1.32 bits per heavy atom.